The number of rotatable bonds is 7. The van der Waals surface area contributed by atoms with Gasteiger partial charge in [-0.3, -0.25) is 4.79 Å². The molecule has 0 aliphatic heterocycles. The third kappa shape index (κ3) is 6.88. The quantitative estimate of drug-likeness (QED) is 0.525. The Morgan fingerprint density at radius 3 is 2.93 bits per heavy atom. The average Bonchev–Trinajstić information content (AvgIpc) is 2.25. The molecule has 0 aromatic carbocycles. The lowest BCUT2D eigenvalue weighted by Gasteiger charge is -2.08. The standard InChI is InChI=1S/C11H16N2OS/c1-3-5-10(9-12)11(14)13-6-8-15-7-4-2/h2,10H,3,5-8H2,1H3,(H,13,14). The summed E-state index contributed by atoms with van der Waals surface area (Å²) in [6.07, 6.45) is 6.55. The Morgan fingerprint density at radius 1 is 1.67 bits per heavy atom. The Bertz CT molecular complexity index is 265. The number of terminal acetylenes is 1. The van der Waals surface area contributed by atoms with E-state index in [-0.39, 0.29) is 5.91 Å². The molecule has 0 aromatic rings. The fourth-order valence-electron chi connectivity index (χ4n) is 1.04. The smallest absolute Gasteiger partial charge is 0.237 e. The van der Waals surface area contributed by atoms with Crippen LogP contribution in [-0.4, -0.2) is 24.0 Å². The second-order valence-corrected chi connectivity index (χ2v) is 4.12. The maximum Gasteiger partial charge on any atom is 0.237 e. The lowest BCUT2D eigenvalue weighted by atomic mass is 10.1. The van der Waals surface area contributed by atoms with Gasteiger partial charge in [0.25, 0.3) is 0 Å². The Kier molecular flexibility index (Phi) is 8.72. The van der Waals surface area contributed by atoms with Crippen LogP contribution >= 0.6 is 11.8 Å². The minimum absolute atomic E-state index is 0.166. The number of hydrogen-bond donors (Lipinski definition) is 1. The number of amides is 1. The number of thioether (sulfide) groups is 1. The van der Waals surface area contributed by atoms with E-state index in [0.29, 0.717) is 18.7 Å². The van der Waals surface area contributed by atoms with E-state index in [0.717, 1.165) is 12.2 Å². The van der Waals surface area contributed by atoms with Gasteiger partial charge >= 0.3 is 0 Å². The normalized spacial score (nSPS) is 11.1. The van der Waals surface area contributed by atoms with Gasteiger partial charge in [0.1, 0.15) is 5.92 Å². The molecule has 0 bridgehead atoms. The predicted octanol–water partition coefficient (Wildman–Crippen LogP) is 1.41. The van der Waals surface area contributed by atoms with E-state index in [2.05, 4.69) is 11.2 Å². The van der Waals surface area contributed by atoms with Gasteiger partial charge < -0.3 is 5.32 Å². The highest BCUT2D eigenvalue weighted by atomic mass is 32.2. The zero-order valence-electron chi connectivity index (χ0n) is 8.95. The van der Waals surface area contributed by atoms with Gasteiger partial charge in [-0.2, -0.15) is 5.26 Å². The molecule has 0 radical (unpaired) electrons. The molecule has 1 atom stereocenters. The summed E-state index contributed by atoms with van der Waals surface area (Å²) in [6, 6.07) is 2.00. The molecule has 0 aliphatic carbocycles. The van der Waals surface area contributed by atoms with Crippen LogP contribution in [-0.2, 0) is 4.79 Å². The van der Waals surface area contributed by atoms with E-state index in [1.807, 2.05) is 13.0 Å². The molecule has 0 heterocycles. The molecule has 0 saturated heterocycles. The molecular weight excluding hydrogens is 208 g/mol. The molecule has 82 valence electrons. The monoisotopic (exact) mass is 224 g/mol. The van der Waals surface area contributed by atoms with Crippen LogP contribution in [0.25, 0.3) is 0 Å². The summed E-state index contributed by atoms with van der Waals surface area (Å²) < 4.78 is 0. The van der Waals surface area contributed by atoms with Crippen LogP contribution in [0.2, 0.25) is 0 Å². The zero-order chi connectivity index (χ0) is 11.5. The highest BCUT2D eigenvalue weighted by molar-refractivity contribution is 7.99. The van der Waals surface area contributed by atoms with Crippen molar-refractivity contribution in [2.75, 3.05) is 18.1 Å². The molecule has 0 saturated carbocycles. The Balaban J connectivity index is 3.64. The maximum absolute atomic E-state index is 11.4. The first-order valence-electron chi connectivity index (χ1n) is 4.94. The Labute approximate surface area is 95.6 Å². The van der Waals surface area contributed by atoms with Gasteiger partial charge in [-0.05, 0) is 6.42 Å². The highest BCUT2D eigenvalue weighted by Gasteiger charge is 2.15. The SMILES string of the molecule is C#CCSCCNC(=O)C(C#N)CCC. The number of carbonyl (C=O) groups excluding carboxylic acids is 1. The topological polar surface area (TPSA) is 52.9 Å². The molecule has 0 aromatic heterocycles. The summed E-state index contributed by atoms with van der Waals surface area (Å²) in [6.45, 7) is 2.54. The third-order valence-corrected chi connectivity index (χ3v) is 2.64. The van der Waals surface area contributed by atoms with Crippen molar-refractivity contribution >= 4 is 17.7 Å². The zero-order valence-corrected chi connectivity index (χ0v) is 9.77. The summed E-state index contributed by atoms with van der Waals surface area (Å²) in [4.78, 5) is 11.4. The summed E-state index contributed by atoms with van der Waals surface area (Å²) in [5.41, 5.74) is 0. The number of nitrogens with one attached hydrogen (secondary N) is 1. The van der Waals surface area contributed by atoms with Gasteiger partial charge in [0.2, 0.25) is 5.91 Å². The molecule has 4 heteroatoms. The molecule has 1 amide bonds. The number of hydrogen-bond acceptors (Lipinski definition) is 3. The van der Waals surface area contributed by atoms with Gasteiger partial charge in [0, 0.05) is 12.3 Å². The molecule has 1 N–H and O–H groups in total. The van der Waals surface area contributed by atoms with Crippen LogP contribution in [0.5, 0.6) is 0 Å². The molecule has 1 unspecified atom stereocenters. The van der Waals surface area contributed by atoms with Crippen LogP contribution in [0, 0.1) is 29.6 Å². The lowest BCUT2D eigenvalue weighted by molar-refractivity contribution is -0.123. The van der Waals surface area contributed by atoms with Crippen LogP contribution in [0.1, 0.15) is 19.8 Å². The largest absolute Gasteiger partial charge is 0.354 e. The molecule has 0 rings (SSSR count). The fourth-order valence-corrected chi connectivity index (χ4v) is 1.55. The van der Waals surface area contributed by atoms with E-state index in [4.69, 9.17) is 11.7 Å². The van der Waals surface area contributed by atoms with Gasteiger partial charge in [-0.1, -0.05) is 19.3 Å². The first-order chi connectivity index (χ1) is 7.26. The molecule has 15 heavy (non-hydrogen) atoms. The van der Waals surface area contributed by atoms with E-state index >= 15 is 0 Å². The van der Waals surface area contributed by atoms with Crippen molar-refractivity contribution in [3.05, 3.63) is 0 Å². The van der Waals surface area contributed by atoms with Gasteiger partial charge in [0.15, 0.2) is 0 Å². The van der Waals surface area contributed by atoms with Gasteiger partial charge in [-0.25, -0.2) is 0 Å². The average molecular weight is 224 g/mol. The molecular formula is C11H16N2OS. The van der Waals surface area contributed by atoms with Crippen molar-refractivity contribution in [2.24, 2.45) is 5.92 Å². The number of nitriles is 1. The summed E-state index contributed by atoms with van der Waals surface area (Å²) in [5, 5.41) is 11.5. The minimum atomic E-state index is -0.507. The first kappa shape index (κ1) is 13.9. The predicted molar refractivity (Wildman–Crippen MR) is 63.2 cm³/mol. The van der Waals surface area contributed by atoms with Gasteiger partial charge in [-0.15, -0.1) is 18.2 Å². The molecule has 3 nitrogen and oxygen atoms in total. The number of carbonyl (C=O) groups is 1. The van der Waals surface area contributed by atoms with Crippen molar-refractivity contribution in [2.45, 2.75) is 19.8 Å². The maximum atomic E-state index is 11.4. The van der Waals surface area contributed by atoms with Crippen LogP contribution in [0.4, 0.5) is 0 Å². The van der Waals surface area contributed by atoms with Crippen molar-refractivity contribution in [1.29, 1.82) is 5.26 Å². The lowest BCUT2D eigenvalue weighted by Crippen LogP contribution is -2.31. The van der Waals surface area contributed by atoms with Gasteiger partial charge in [0.05, 0.1) is 11.8 Å². The van der Waals surface area contributed by atoms with E-state index in [9.17, 15) is 4.79 Å². The fraction of sp³-hybridized carbons (Fsp3) is 0.636. The van der Waals surface area contributed by atoms with Crippen LogP contribution < -0.4 is 5.32 Å². The second-order valence-electron chi connectivity index (χ2n) is 3.02. The summed E-state index contributed by atoms with van der Waals surface area (Å²) in [7, 11) is 0. The molecule has 0 spiro atoms. The summed E-state index contributed by atoms with van der Waals surface area (Å²) in [5.74, 6) is 3.29. The minimum Gasteiger partial charge on any atom is -0.354 e. The van der Waals surface area contributed by atoms with Crippen LogP contribution in [0.3, 0.4) is 0 Å². The van der Waals surface area contributed by atoms with E-state index in [1.165, 1.54) is 0 Å². The number of nitrogens with zero attached hydrogens (tertiary/aromatic N) is 1. The van der Waals surface area contributed by atoms with Crippen molar-refractivity contribution in [3.8, 4) is 18.4 Å². The highest BCUT2D eigenvalue weighted by Crippen LogP contribution is 2.04. The van der Waals surface area contributed by atoms with E-state index in [1.54, 1.807) is 11.8 Å². The summed E-state index contributed by atoms with van der Waals surface area (Å²) >= 11 is 1.59. The molecule has 0 fully saturated rings. The van der Waals surface area contributed by atoms with E-state index < -0.39 is 5.92 Å². The first-order valence-corrected chi connectivity index (χ1v) is 6.10. The van der Waals surface area contributed by atoms with Crippen molar-refractivity contribution in [1.82, 2.24) is 5.32 Å². The Hall–Kier alpha value is -1.13. The van der Waals surface area contributed by atoms with Crippen molar-refractivity contribution < 1.29 is 4.79 Å². The second kappa shape index (κ2) is 9.43. The van der Waals surface area contributed by atoms with Crippen molar-refractivity contribution in [3.63, 3.8) is 0 Å². The third-order valence-electron chi connectivity index (χ3n) is 1.78. The molecule has 0 aliphatic rings. The van der Waals surface area contributed by atoms with Crippen LogP contribution in [0.15, 0.2) is 0 Å². The Morgan fingerprint density at radius 2 is 2.40 bits per heavy atom.